The van der Waals surface area contributed by atoms with E-state index < -0.39 is 10.0 Å². The normalized spacial score (nSPS) is 11.5. The average molecular weight is 205 g/mol. The molecule has 1 rings (SSSR count). The van der Waals surface area contributed by atoms with Crippen molar-refractivity contribution in [1.82, 2.24) is 4.72 Å². The van der Waals surface area contributed by atoms with Crippen molar-refractivity contribution in [2.45, 2.75) is 4.90 Å². The van der Waals surface area contributed by atoms with Gasteiger partial charge in [0.05, 0.1) is 4.90 Å². The molecule has 65 valence electrons. The second kappa shape index (κ2) is 3.43. The minimum Gasteiger partial charge on any atom is -0.210 e. The summed E-state index contributed by atoms with van der Waals surface area (Å²) in [4.78, 5) is 0.116. The molecule has 0 bridgehead atoms. The Morgan fingerprint density at radius 3 is 2.58 bits per heavy atom. The molecule has 0 fully saturated rings. The number of rotatable bonds is 2. The summed E-state index contributed by atoms with van der Waals surface area (Å²) in [5.41, 5.74) is 0. The van der Waals surface area contributed by atoms with Crippen molar-refractivity contribution < 1.29 is 8.42 Å². The highest BCUT2D eigenvalue weighted by molar-refractivity contribution is 7.89. The van der Waals surface area contributed by atoms with E-state index in [4.69, 9.17) is 11.6 Å². The molecule has 5 heteroatoms. The first-order chi connectivity index (χ1) is 5.56. The van der Waals surface area contributed by atoms with E-state index in [2.05, 4.69) is 7.05 Å². The molecule has 3 nitrogen and oxygen atoms in total. The third-order valence-corrected chi connectivity index (χ3v) is 2.79. The van der Waals surface area contributed by atoms with Crippen LogP contribution in [0.4, 0.5) is 0 Å². The number of hydrogen-bond donors (Lipinski definition) is 1. The average Bonchev–Trinajstić information content (AvgIpc) is 2.05. The van der Waals surface area contributed by atoms with Crippen LogP contribution >= 0.6 is 11.6 Å². The minimum absolute atomic E-state index is 0.116. The van der Waals surface area contributed by atoms with Crippen molar-refractivity contribution in [1.29, 1.82) is 0 Å². The van der Waals surface area contributed by atoms with Crippen LogP contribution < -0.4 is 4.72 Å². The van der Waals surface area contributed by atoms with Crippen LogP contribution in [0.25, 0.3) is 0 Å². The van der Waals surface area contributed by atoms with E-state index in [1.165, 1.54) is 12.1 Å². The van der Waals surface area contributed by atoms with Gasteiger partial charge in [-0.05, 0) is 18.2 Å². The van der Waals surface area contributed by atoms with E-state index >= 15 is 0 Å². The minimum atomic E-state index is -3.47. The molecule has 12 heavy (non-hydrogen) atoms. The van der Waals surface area contributed by atoms with Gasteiger partial charge in [-0.3, -0.25) is 0 Å². The molecule has 0 spiro atoms. The monoisotopic (exact) mass is 204 g/mol. The number of sulfonamides is 1. The lowest BCUT2D eigenvalue weighted by atomic mass is 10.4. The van der Waals surface area contributed by atoms with Gasteiger partial charge in [0.15, 0.2) is 0 Å². The van der Waals surface area contributed by atoms with Crippen LogP contribution in [0, 0.1) is 7.05 Å². The van der Waals surface area contributed by atoms with Crippen LogP contribution in [-0.4, -0.2) is 8.42 Å². The standard InChI is InChI=1S/C7H7ClNO2S/c1-9-12(10,11)7-4-2-3-6(8)5-7/h2-5,9H,1H2. The Hall–Kier alpha value is -0.580. The number of hydrogen-bond acceptors (Lipinski definition) is 2. The van der Waals surface area contributed by atoms with E-state index in [1.807, 2.05) is 4.72 Å². The van der Waals surface area contributed by atoms with Gasteiger partial charge in [0.2, 0.25) is 10.0 Å². The lowest BCUT2D eigenvalue weighted by molar-refractivity contribution is 0.590. The summed E-state index contributed by atoms with van der Waals surface area (Å²) in [6, 6.07) is 5.96. The summed E-state index contributed by atoms with van der Waals surface area (Å²) >= 11 is 5.60. The second-order valence-electron chi connectivity index (χ2n) is 2.11. The molecule has 1 aromatic carbocycles. The van der Waals surface area contributed by atoms with E-state index in [9.17, 15) is 8.42 Å². The van der Waals surface area contributed by atoms with Crippen LogP contribution in [0.15, 0.2) is 29.2 Å². The topological polar surface area (TPSA) is 46.2 Å². The lowest BCUT2D eigenvalue weighted by Crippen LogP contribution is -2.16. The molecule has 0 amide bonds. The van der Waals surface area contributed by atoms with Gasteiger partial charge in [0, 0.05) is 12.1 Å². The van der Waals surface area contributed by atoms with Gasteiger partial charge in [-0.2, -0.15) is 0 Å². The maximum atomic E-state index is 11.1. The van der Waals surface area contributed by atoms with E-state index in [0.717, 1.165) is 0 Å². The highest BCUT2D eigenvalue weighted by Gasteiger charge is 2.10. The van der Waals surface area contributed by atoms with Crippen molar-refractivity contribution in [3.8, 4) is 0 Å². The van der Waals surface area contributed by atoms with E-state index in [-0.39, 0.29) is 4.90 Å². The summed E-state index contributed by atoms with van der Waals surface area (Å²) < 4.78 is 24.2. The lowest BCUT2D eigenvalue weighted by Gasteiger charge is -2.00. The third kappa shape index (κ3) is 1.97. The fourth-order valence-corrected chi connectivity index (χ4v) is 1.68. The molecule has 0 saturated heterocycles. The van der Waals surface area contributed by atoms with Crippen LogP contribution in [-0.2, 0) is 10.0 Å². The summed E-state index contributed by atoms with van der Waals surface area (Å²) in [6.07, 6.45) is 0. The Morgan fingerprint density at radius 2 is 2.08 bits per heavy atom. The van der Waals surface area contributed by atoms with Gasteiger partial charge < -0.3 is 0 Å². The molecule has 1 N–H and O–H groups in total. The molecular weight excluding hydrogens is 198 g/mol. The van der Waals surface area contributed by atoms with E-state index in [1.54, 1.807) is 12.1 Å². The van der Waals surface area contributed by atoms with Gasteiger partial charge in [0.25, 0.3) is 0 Å². The molecule has 0 saturated carbocycles. The molecule has 1 radical (unpaired) electrons. The van der Waals surface area contributed by atoms with Crippen molar-refractivity contribution >= 4 is 21.6 Å². The highest BCUT2D eigenvalue weighted by Crippen LogP contribution is 2.14. The number of halogens is 1. The molecular formula is C7H7ClNO2S. The van der Waals surface area contributed by atoms with Crippen LogP contribution in [0.2, 0.25) is 5.02 Å². The van der Waals surface area contributed by atoms with Gasteiger partial charge in [-0.15, -0.1) is 0 Å². The first kappa shape index (κ1) is 9.51. The molecule has 0 heterocycles. The molecule has 1 aromatic rings. The first-order valence-corrected chi connectivity index (χ1v) is 4.97. The molecule has 0 unspecified atom stereocenters. The Labute approximate surface area is 76.4 Å². The molecule has 0 aliphatic heterocycles. The largest absolute Gasteiger partial charge is 0.240 e. The number of benzene rings is 1. The Balaban J connectivity index is 3.21. The third-order valence-electron chi connectivity index (χ3n) is 1.30. The summed E-state index contributed by atoms with van der Waals surface area (Å²) in [5, 5.41) is 0.381. The Bertz CT molecular complexity index is 375. The van der Waals surface area contributed by atoms with Gasteiger partial charge >= 0.3 is 0 Å². The maximum Gasteiger partial charge on any atom is 0.240 e. The van der Waals surface area contributed by atoms with Crippen LogP contribution in [0.3, 0.4) is 0 Å². The molecule has 0 aliphatic rings. The van der Waals surface area contributed by atoms with Crippen molar-refractivity contribution in [2.24, 2.45) is 0 Å². The van der Waals surface area contributed by atoms with Crippen LogP contribution in [0.5, 0.6) is 0 Å². The predicted molar refractivity (Wildman–Crippen MR) is 47.1 cm³/mol. The van der Waals surface area contributed by atoms with Gasteiger partial charge in [0.1, 0.15) is 0 Å². The zero-order valence-electron chi connectivity index (χ0n) is 6.12. The van der Waals surface area contributed by atoms with Gasteiger partial charge in [-0.25, -0.2) is 13.1 Å². The first-order valence-electron chi connectivity index (χ1n) is 3.11. The Morgan fingerprint density at radius 1 is 1.42 bits per heavy atom. The highest BCUT2D eigenvalue weighted by atomic mass is 35.5. The predicted octanol–water partition coefficient (Wildman–Crippen LogP) is 1.41. The fraction of sp³-hybridized carbons (Fsp3) is 0. The van der Waals surface area contributed by atoms with Crippen molar-refractivity contribution in [3.63, 3.8) is 0 Å². The Kier molecular flexibility index (Phi) is 2.72. The number of nitrogens with one attached hydrogen (secondary N) is 1. The summed E-state index contributed by atoms with van der Waals surface area (Å²) in [7, 11) is -0.384. The fourth-order valence-electron chi connectivity index (χ4n) is 0.717. The second-order valence-corrected chi connectivity index (χ2v) is 4.31. The zero-order chi connectivity index (χ0) is 9.19. The maximum absolute atomic E-state index is 11.1. The van der Waals surface area contributed by atoms with Crippen LogP contribution in [0.1, 0.15) is 0 Å². The molecule has 0 atom stereocenters. The molecule has 0 aromatic heterocycles. The van der Waals surface area contributed by atoms with Crippen molar-refractivity contribution in [3.05, 3.63) is 36.3 Å². The SMILES string of the molecule is [CH2]NS(=O)(=O)c1cccc(Cl)c1. The smallest absolute Gasteiger partial charge is 0.210 e. The molecule has 0 aliphatic carbocycles. The quantitative estimate of drug-likeness (QED) is 0.792. The zero-order valence-corrected chi connectivity index (χ0v) is 7.69. The summed E-state index contributed by atoms with van der Waals surface area (Å²) in [5.74, 6) is 0. The van der Waals surface area contributed by atoms with E-state index in [0.29, 0.717) is 5.02 Å². The summed E-state index contributed by atoms with van der Waals surface area (Å²) in [6.45, 7) is 0. The van der Waals surface area contributed by atoms with Gasteiger partial charge in [-0.1, -0.05) is 17.7 Å². The van der Waals surface area contributed by atoms with Crippen molar-refractivity contribution in [2.75, 3.05) is 0 Å².